The first kappa shape index (κ1) is 9.13. The summed E-state index contributed by atoms with van der Waals surface area (Å²) in [5.41, 5.74) is 0.333. The Morgan fingerprint density at radius 1 is 1.58 bits per heavy atom. The highest BCUT2D eigenvalue weighted by Crippen LogP contribution is 2.16. The van der Waals surface area contributed by atoms with Crippen molar-refractivity contribution in [1.82, 2.24) is 4.90 Å². The number of aldehydes is 1. The average molecular weight is 167 g/mol. The molecule has 1 aliphatic carbocycles. The molecular formula is C9H13NO2. The number of allylic oxidation sites excluding steroid dienone is 1. The molecule has 1 aliphatic rings. The fraction of sp³-hybridized carbons (Fsp3) is 0.556. The maximum absolute atomic E-state index is 11.1. The molecule has 0 heterocycles. The van der Waals surface area contributed by atoms with Gasteiger partial charge in [-0.2, -0.15) is 0 Å². The molecule has 1 atom stereocenters. The Labute approximate surface area is 72.0 Å². The van der Waals surface area contributed by atoms with E-state index in [4.69, 9.17) is 0 Å². The molecule has 66 valence electrons. The van der Waals surface area contributed by atoms with E-state index in [1.807, 2.05) is 19.0 Å². The molecular weight excluding hydrogens is 154 g/mol. The maximum atomic E-state index is 11.1. The Hall–Kier alpha value is -0.960. The minimum atomic E-state index is -0.0249. The number of rotatable bonds is 2. The highest BCUT2D eigenvalue weighted by molar-refractivity contribution is 6.12. The summed E-state index contributed by atoms with van der Waals surface area (Å²) in [7, 11) is 3.89. The van der Waals surface area contributed by atoms with E-state index in [0.717, 1.165) is 6.42 Å². The molecule has 1 rings (SSSR count). The molecule has 0 N–H and O–H groups in total. The van der Waals surface area contributed by atoms with Crippen LogP contribution in [0.5, 0.6) is 0 Å². The molecule has 0 aromatic heterocycles. The first-order valence-corrected chi connectivity index (χ1v) is 4.01. The van der Waals surface area contributed by atoms with E-state index in [1.54, 1.807) is 6.08 Å². The number of Topliss-reactive ketones (excluding diaryl/α,β-unsaturated/α-hetero) is 1. The van der Waals surface area contributed by atoms with Gasteiger partial charge in [0.1, 0.15) is 0 Å². The summed E-state index contributed by atoms with van der Waals surface area (Å²) in [5, 5.41) is 0. The molecule has 3 nitrogen and oxygen atoms in total. The Kier molecular flexibility index (Phi) is 2.76. The van der Waals surface area contributed by atoms with Gasteiger partial charge in [-0.05, 0) is 20.5 Å². The smallest absolute Gasteiger partial charge is 0.165 e. The molecule has 0 aliphatic heterocycles. The second-order valence-corrected chi connectivity index (χ2v) is 3.23. The summed E-state index contributed by atoms with van der Waals surface area (Å²) in [6, 6.07) is 0.239. The number of likely N-dealkylation sites (N-methyl/N-ethyl adjacent to an activating group) is 1. The molecule has 0 bridgehead atoms. The summed E-state index contributed by atoms with van der Waals surface area (Å²) in [5.74, 6) is -0.0249. The van der Waals surface area contributed by atoms with Gasteiger partial charge >= 0.3 is 0 Å². The summed E-state index contributed by atoms with van der Waals surface area (Å²) >= 11 is 0. The third-order valence-electron chi connectivity index (χ3n) is 2.15. The minimum Gasteiger partial charge on any atom is -0.303 e. The summed E-state index contributed by atoms with van der Waals surface area (Å²) in [6.07, 6.45) is 3.72. The maximum Gasteiger partial charge on any atom is 0.165 e. The standard InChI is InChI=1S/C9H13NO2/c1-10(2)8-3-4-9(12)7(5-8)6-11/h5-6,8H,3-4H2,1-2H3. The number of hydrogen-bond donors (Lipinski definition) is 0. The predicted octanol–water partition coefficient (Wildman–Crippen LogP) is 0.405. The van der Waals surface area contributed by atoms with Gasteiger partial charge in [0.25, 0.3) is 0 Å². The van der Waals surface area contributed by atoms with Crippen molar-refractivity contribution < 1.29 is 9.59 Å². The molecule has 0 fully saturated rings. The SMILES string of the molecule is CN(C)C1C=C(C=O)C(=O)CC1. The first-order valence-electron chi connectivity index (χ1n) is 4.01. The van der Waals surface area contributed by atoms with E-state index in [9.17, 15) is 9.59 Å². The third-order valence-corrected chi connectivity index (χ3v) is 2.15. The summed E-state index contributed by atoms with van der Waals surface area (Å²) in [4.78, 5) is 23.5. The van der Waals surface area contributed by atoms with Crippen molar-refractivity contribution in [2.24, 2.45) is 0 Å². The van der Waals surface area contributed by atoms with Gasteiger partial charge < -0.3 is 4.90 Å². The lowest BCUT2D eigenvalue weighted by atomic mass is 9.95. The average Bonchev–Trinajstić information content (AvgIpc) is 2.05. The van der Waals surface area contributed by atoms with Crippen LogP contribution in [0, 0.1) is 0 Å². The molecule has 0 aromatic rings. The molecule has 0 radical (unpaired) electrons. The Morgan fingerprint density at radius 2 is 2.25 bits per heavy atom. The molecule has 0 spiro atoms. The monoisotopic (exact) mass is 167 g/mol. The van der Waals surface area contributed by atoms with Crippen molar-refractivity contribution >= 4 is 12.1 Å². The lowest BCUT2D eigenvalue weighted by Gasteiger charge is -2.24. The third kappa shape index (κ3) is 1.80. The highest BCUT2D eigenvalue weighted by Gasteiger charge is 2.20. The van der Waals surface area contributed by atoms with Crippen LogP contribution in [-0.2, 0) is 9.59 Å². The quantitative estimate of drug-likeness (QED) is 0.441. The molecule has 1 unspecified atom stereocenters. The number of carbonyl (C=O) groups is 2. The zero-order chi connectivity index (χ0) is 9.14. The van der Waals surface area contributed by atoms with Gasteiger partial charge in [0.2, 0.25) is 0 Å². The van der Waals surface area contributed by atoms with Crippen LogP contribution < -0.4 is 0 Å². The van der Waals surface area contributed by atoms with Crippen molar-refractivity contribution in [3.8, 4) is 0 Å². The second kappa shape index (κ2) is 3.63. The van der Waals surface area contributed by atoms with E-state index >= 15 is 0 Å². The van der Waals surface area contributed by atoms with E-state index < -0.39 is 0 Å². The largest absolute Gasteiger partial charge is 0.303 e. The number of ketones is 1. The molecule has 3 heteroatoms. The lowest BCUT2D eigenvalue weighted by molar-refractivity contribution is -0.118. The van der Waals surface area contributed by atoms with E-state index in [0.29, 0.717) is 18.3 Å². The van der Waals surface area contributed by atoms with Gasteiger partial charge in [0.15, 0.2) is 12.1 Å². The summed E-state index contributed by atoms with van der Waals surface area (Å²) in [6.45, 7) is 0. The minimum absolute atomic E-state index is 0.0249. The van der Waals surface area contributed by atoms with Gasteiger partial charge in [-0.25, -0.2) is 0 Å². The van der Waals surface area contributed by atoms with Gasteiger partial charge in [0.05, 0.1) is 5.57 Å². The molecule has 12 heavy (non-hydrogen) atoms. The van der Waals surface area contributed by atoms with Gasteiger partial charge in [-0.3, -0.25) is 9.59 Å². The van der Waals surface area contributed by atoms with E-state index in [2.05, 4.69) is 0 Å². The molecule has 0 aromatic carbocycles. The first-order chi connectivity index (χ1) is 5.65. The lowest BCUT2D eigenvalue weighted by Crippen LogP contribution is -2.30. The highest BCUT2D eigenvalue weighted by atomic mass is 16.1. The van der Waals surface area contributed by atoms with Crippen molar-refractivity contribution in [2.45, 2.75) is 18.9 Å². The number of carbonyl (C=O) groups excluding carboxylic acids is 2. The molecule has 0 amide bonds. The topological polar surface area (TPSA) is 37.4 Å². The molecule has 0 saturated heterocycles. The van der Waals surface area contributed by atoms with Gasteiger partial charge in [-0.1, -0.05) is 6.08 Å². The van der Waals surface area contributed by atoms with Crippen molar-refractivity contribution in [2.75, 3.05) is 14.1 Å². The zero-order valence-corrected chi connectivity index (χ0v) is 7.41. The van der Waals surface area contributed by atoms with Gasteiger partial charge in [0, 0.05) is 12.5 Å². The number of hydrogen-bond acceptors (Lipinski definition) is 3. The van der Waals surface area contributed by atoms with E-state index in [-0.39, 0.29) is 11.8 Å². The van der Waals surface area contributed by atoms with Crippen LogP contribution in [0.2, 0.25) is 0 Å². The van der Waals surface area contributed by atoms with Crippen LogP contribution in [0.15, 0.2) is 11.6 Å². The molecule has 0 saturated carbocycles. The van der Waals surface area contributed by atoms with E-state index in [1.165, 1.54) is 0 Å². The fourth-order valence-electron chi connectivity index (χ4n) is 1.32. The Morgan fingerprint density at radius 3 is 2.75 bits per heavy atom. The van der Waals surface area contributed by atoms with Crippen LogP contribution in [0.25, 0.3) is 0 Å². The van der Waals surface area contributed by atoms with Crippen LogP contribution in [-0.4, -0.2) is 37.1 Å². The number of nitrogens with zero attached hydrogens (tertiary/aromatic N) is 1. The van der Waals surface area contributed by atoms with Crippen LogP contribution >= 0.6 is 0 Å². The van der Waals surface area contributed by atoms with Crippen molar-refractivity contribution in [3.63, 3.8) is 0 Å². The Bertz CT molecular complexity index is 231. The summed E-state index contributed by atoms with van der Waals surface area (Å²) < 4.78 is 0. The second-order valence-electron chi connectivity index (χ2n) is 3.23. The van der Waals surface area contributed by atoms with Gasteiger partial charge in [-0.15, -0.1) is 0 Å². The zero-order valence-electron chi connectivity index (χ0n) is 7.41. The Balaban J connectivity index is 2.80. The van der Waals surface area contributed by atoms with Crippen LogP contribution in [0.3, 0.4) is 0 Å². The van der Waals surface area contributed by atoms with Crippen LogP contribution in [0.1, 0.15) is 12.8 Å². The predicted molar refractivity (Wildman–Crippen MR) is 45.9 cm³/mol. The fourth-order valence-corrected chi connectivity index (χ4v) is 1.32. The normalized spacial score (nSPS) is 24.1. The van der Waals surface area contributed by atoms with Crippen molar-refractivity contribution in [1.29, 1.82) is 0 Å². The van der Waals surface area contributed by atoms with Crippen LogP contribution in [0.4, 0.5) is 0 Å². The van der Waals surface area contributed by atoms with Crippen molar-refractivity contribution in [3.05, 3.63) is 11.6 Å².